The molecule has 0 saturated heterocycles. The normalized spacial score (nSPS) is 10.9. The third-order valence-electron chi connectivity index (χ3n) is 5.00. The number of unbranched alkanes of at least 4 members (excludes halogenated alkanes) is 3. The van der Waals surface area contributed by atoms with Crippen molar-refractivity contribution in [2.75, 3.05) is 0 Å². The molecule has 0 aliphatic rings. The van der Waals surface area contributed by atoms with Gasteiger partial charge in [0.25, 0.3) is 0 Å². The number of fused-ring (bicyclic) bond motifs is 2. The van der Waals surface area contributed by atoms with Gasteiger partial charge in [-0.1, -0.05) is 56.2 Å². The van der Waals surface area contributed by atoms with Crippen molar-refractivity contribution in [3.63, 3.8) is 0 Å². The molecule has 0 unspecified atom stereocenters. The highest BCUT2D eigenvalue weighted by Gasteiger charge is 2.13. The molecule has 0 saturated carbocycles. The van der Waals surface area contributed by atoms with Crippen molar-refractivity contribution >= 4 is 21.8 Å². The molecular weight excluding hydrogens is 396 g/mol. The molecule has 0 radical (unpaired) electrons. The van der Waals surface area contributed by atoms with Gasteiger partial charge in [-0.05, 0) is 30.7 Å². The molecule has 4 rings (SSSR count). The molecule has 4 aromatic rings. The van der Waals surface area contributed by atoms with Gasteiger partial charge in [0.05, 0.1) is 16.8 Å². The first-order valence-electron chi connectivity index (χ1n) is 9.63. The van der Waals surface area contributed by atoms with E-state index in [1.54, 1.807) is 0 Å². The van der Waals surface area contributed by atoms with Gasteiger partial charge in [-0.2, -0.15) is 4.57 Å². The van der Waals surface area contributed by atoms with Crippen LogP contribution < -0.4 is 21.5 Å². The minimum atomic E-state index is 0. The summed E-state index contributed by atoms with van der Waals surface area (Å²) in [5.74, 6) is 0. The lowest BCUT2D eigenvalue weighted by atomic mass is 10.1. The standard InChI is InChI=1S/C24H25N2.BrH/c1-2-3-4-9-16-26-18-21(17-20-11-6-8-13-24(20)26)23-15-14-19-10-5-7-12-22(19)25-23;/h5-8,10-15,17-18H,2-4,9,16H2,1H3;1H/q+1;/p-1. The Morgan fingerprint density at radius 1 is 0.815 bits per heavy atom. The Bertz CT molecular complexity index is 1040. The molecule has 0 bridgehead atoms. The number of hydrogen-bond donors (Lipinski definition) is 0. The fourth-order valence-corrected chi connectivity index (χ4v) is 3.57. The van der Waals surface area contributed by atoms with Gasteiger partial charge in [0, 0.05) is 23.3 Å². The molecule has 2 aromatic carbocycles. The molecule has 2 aromatic heterocycles. The van der Waals surface area contributed by atoms with Gasteiger partial charge in [-0.15, -0.1) is 0 Å². The fraction of sp³-hybridized carbons (Fsp3) is 0.250. The molecule has 0 spiro atoms. The first-order chi connectivity index (χ1) is 12.8. The number of rotatable bonds is 6. The van der Waals surface area contributed by atoms with Gasteiger partial charge in [-0.3, -0.25) is 0 Å². The molecule has 2 heterocycles. The summed E-state index contributed by atoms with van der Waals surface area (Å²) in [6.07, 6.45) is 7.36. The van der Waals surface area contributed by atoms with E-state index < -0.39 is 0 Å². The van der Waals surface area contributed by atoms with Crippen LogP contribution in [0.25, 0.3) is 33.1 Å². The third kappa shape index (κ3) is 4.36. The topological polar surface area (TPSA) is 16.8 Å². The summed E-state index contributed by atoms with van der Waals surface area (Å²) < 4.78 is 2.40. The van der Waals surface area contributed by atoms with Gasteiger partial charge in [0.1, 0.15) is 6.54 Å². The monoisotopic (exact) mass is 420 g/mol. The van der Waals surface area contributed by atoms with Crippen molar-refractivity contribution in [1.82, 2.24) is 4.98 Å². The zero-order valence-corrected chi connectivity index (χ0v) is 17.3. The molecule has 0 amide bonds. The Hall–Kier alpha value is -2.26. The first kappa shape index (κ1) is 19.5. The molecule has 0 aliphatic carbocycles. The molecular formula is C24H25BrN2. The molecule has 0 N–H and O–H groups in total. The predicted octanol–water partition coefficient (Wildman–Crippen LogP) is 2.93. The number of halogens is 1. The summed E-state index contributed by atoms with van der Waals surface area (Å²) in [5.41, 5.74) is 4.57. The summed E-state index contributed by atoms with van der Waals surface area (Å²) in [6, 6.07) is 23.5. The summed E-state index contributed by atoms with van der Waals surface area (Å²) >= 11 is 0. The molecule has 2 nitrogen and oxygen atoms in total. The van der Waals surface area contributed by atoms with Crippen LogP contribution in [-0.4, -0.2) is 4.98 Å². The van der Waals surface area contributed by atoms with Crippen molar-refractivity contribution < 1.29 is 21.5 Å². The lowest BCUT2D eigenvalue weighted by molar-refractivity contribution is -0.671. The second-order valence-electron chi connectivity index (χ2n) is 6.93. The number of aromatic nitrogens is 2. The van der Waals surface area contributed by atoms with E-state index in [0.717, 1.165) is 17.8 Å². The number of nitrogens with zero attached hydrogens (tertiary/aromatic N) is 2. The van der Waals surface area contributed by atoms with Gasteiger partial charge in [0.15, 0.2) is 6.20 Å². The molecule has 3 heteroatoms. The summed E-state index contributed by atoms with van der Waals surface area (Å²) in [7, 11) is 0. The van der Waals surface area contributed by atoms with Crippen molar-refractivity contribution in [1.29, 1.82) is 0 Å². The average molecular weight is 421 g/mol. The Kier molecular flexibility index (Phi) is 6.57. The average Bonchev–Trinajstić information content (AvgIpc) is 2.70. The minimum Gasteiger partial charge on any atom is -1.00 e. The van der Waals surface area contributed by atoms with E-state index in [-0.39, 0.29) is 17.0 Å². The molecule has 0 fully saturated rings. The van der Waals surface area contributed by atoms with Crippen molar-refractivity contribution in [3.05, 3.63) is 72.9 Å². The zero-order valence-electron chi connectivity index (χ0n) is 15.7. The summed E-state index contributed by atoms with van der Waals surface area (Å²) in [4.78, 5) is 4.89. The van der Waals surface area contributed by atoms with Crippen LogP contribution in [0.2, 0.25) is 0 Å². The number of pyridine rings is 2. The Labute approximate surface area is 171 Å². The molecule has 0 atom stereocenters. The maximum atomic E-state index is 4.89. The predicted molar refractivity (Wildman–Crippen MR) is 109 cm³/mol. The van der Waals surface area contributed by atoms with Crippen LogP contribution in [0.5, 0.6) is 0 Å². The van der Waals surface area contributed by atoms with Gasteiger partial charge < -0.3 is 17.0 Å². The van der Waals surface area contributed by atoms with Crippen LogP contribution in [0.15, 0.2) is 72.9 Å². The van der Waals surface area contributed by atoms with Crippen LogP contribution in [-0.2, 0) is 6.54 Å². The number of benzene rings is 2. The Morgan fingerprint density at radius 2 is 1.59 bits per heavy atom. The SMILES string of the molecule is CCCCCC[n+]1cc(-c2ccc3ccccc3n2)cc2ccccc21.[Br-]. The summed E-state index contributed by atoms with van der Waals surface area (Å²) in [5, 5.41) is 2.46. The molecule has 0 aliphatic heterocycles. The Morgan fingerprint density at radius 3 is 2.44 bits per heavy atom. The lowest BCUT2D eigenvalue weighted by Crippen LogP contribution is -3.00. The van der Waals surface area contributed by atoms with E-state index in [2.05, 4.69) is 78.4 Å². The maximum Gasteiger partial charge on any atom is 0.212 e. The van der Waals surface area contributed by atoms with Crippen molar-refractivity contribution in [3.8, 4) is 11.3 Å². The number of para-hydroxylation sites is 2. The van der Waals surface area contributed by atoms with E-state index in [1.165, 1.54) is 47.5 Å². The highest BCUT2D eigenvalue weighted by molar-refractivity contribution is 5.84. The third-order valence-corrected chi connectivity index (χ3v) is 5.00. The van der Waals surface area contributed by atoms with Gasteiger partial charge in [0.2, 0.25) is 5.52 Å². The number of aryl methyl sites for hydroxylation is 1. The van der Waals surface area contributed by atoms with E-state index >= 15 is 0 Å². The van der Waals surface area contributed by atoms with E-state index in [9.17, 15) is 0 Å². The second kappa shape index (κ2) is 9.09. The van der Waals surface area contributed by atoms with Crippen LogP contribution in [0, 0.1) is 0 Å². The fourth-order valence-electron chi connectivity index (χ4n) is 3.57. The van der Waals surface area contributed by atoms with Crippen LogP contribution >= 0.6 is 0 Å². The minimum absolute atomic E-state index is 0. The Balaban J connectivity index is 0.00000210. The quantitative estimate of drug-likeness (QED) is 0.346. The van der Waals surface area contributed by atoms with Crippen molar-refractivity contribution in [2.45, 2.75) is 39.2 Å². The largest absolute Gasteiger partial charge is 1.00 e. The smallest absolute Gasteiger partial charge is 0.212 e. The number of hydrogen-bond acceptors (Lipinski definition) is 1. The van der Waals surface area contributed by atoms with Gasteiger partial charge in [-0.25, -0.2) is 4.98 Å². The van der Waals surface area contributed by atoms with Crippen LogP contribution in [0.1, 0.15) is 32.6 Å². The van der Waals surface area contributed by atoms with Gasteiger partial charge >= 0.3 is 0 Å². The van der Waals surface area contributed by atoms with E-state index in [4.69, 9.17) is 4.98 Å². The lowest BCUT2D eigenvalue weighted by Gasteiger charge is -2.07. The van der Waals surface area contributed by atoms with Crippen LogP contribution in [0.4, 0.5) is 0 Å². The van der Waals surface area contributed by atoms with E-state index in [0.29, 0.717) is 0 Å². The molecule has 27 heavy (non-hydrogen) atoms. The molecule has 138 valence electrons. The van der Waals surface area contributed by atoms with E-state index in [1.807, 2.05) is 6.07 Å². The highest BCUT2D eigenvalue weighted by atomic mass is 79.9. The van der Waals surface area contributed by atoms with Crippen molar-refractivity contribution in [2.24, 2.45) is 0 Å². The second-order valence-corrected chi connectivity index (χ2v) is 6.93. The van der Waals surface area contributed by atoms with Crippen LogP contribution in [0.3, 0.4) is 0 Å². The zero-order chi connectivity index (χ0) is 17.8. The maximum absolute atomic E-state index is 4.89. The summed E-state index contributed by atoms with van der Waals surface area (Å²) in [6.45, 7) is 3.32. The first-order valence-corrected chi connectivity index (χ1v) is 9.63. The highest BCUT2D eigenvalue weighted by Crippen LogP contribution is 2.23.